The molecule has 0 spiro atoms. The molecule has 2 aromatic carbocycles. The van der Waals surface area contributed by atoms with E-state index in [1.165, 1.54) is 6.92 Å². The third kappa shape index (κ3) is 7.46. The molecule has 0 fully saturated rings. The lowest BCUT2D eigenvalue weighted by Gasteiger charge is -2.25. The van der Waals surface area contributed by atoms with E-state index < -0.39 is 41.9 Å². The maximum absolute atomic E-state index is 12.7. The third-order valence-electron chi connectivity index (χ3n) is 4.52. The number of ether oxygens (including phenoxy) is 1. The molecule has 0 aliphatic carbocycles. The normalized spacial score (nSPS) is 13.3. The number of hydrogen-bond donors (Lipinski definition) is 4. The van der Waals surface area contributed by atoms with Crippen molar-refractivity contribution in [3.05, 3.63) is 71.8 Å². The summed E-state index contributed by atoms with van der Waals surface area (Å²) < 4.78 is 5.10. The zero-order chi connectivity index (χ0) is 22.8. The molecule has 9 nitrogen and oxygen atoms in total. The van der Waals surface area contributed by atoms with Crippen molar-refractivity contribution in [2.75, 3.05) is 0 Å². The highest BCUT2D eigenvalue weighted by atomic mass is 16.5. The molecule has 0 saturated heterocycles. The summed E-state index contributed by atoms with van der Waals surface area (Å²) in [6.07, 6.45) is -1.06. The third-order valence-corrected chi connectivity index (χ3v) is 4.52. The van der Waals surface area contributed by atoms with E-state index in [0.29, 0.717) is 11.1 Å². The van der Waals surface area contributed by atoms with Crippen LogP contribution in [0.25, 0.3) is 0 Å². The molecule has 4 N–H and O–H groups in total. The standard InChI is InChI=1S/C22H24N2O7/c1-14(20(26)27)23-19(25)18(17(21(28)29)12-15-8-4-2-5-9-15)24-22(30)31-13-16-10-6-3-7-11-16/h2-11,14,17-18H,12-13H2,1H3,(H,23,25)(H,24,30)(H,26,27)(H,28,29)/t14-,17?,18+/m1/s1. The molecule has 0 heterocycles. The minimum absolute atomic E-state index is 0.0608. The number of amides is 2. The van der Waals surface area contributed by atoms with Gasteiger partial charge in [-0.1, -0.05) is 60.7 Å². The maximum Gasteiger partial charge on any atom is 0.408 e. The van der Waals surface area contributed by atoms with Gasteiger partial charge in [0.05, 0.1) is 5.92 Å². The van der Waals surface area contributed by atoms with Gasteiger partial charge in [-0.25, -0.2) is 4.79 Å². The largest absolute Gasteiger partial charge is 0.481 e. The summed E-state index contributed by atoms with van der Waals surface area (Å²) in [7, 11) is 0. The van der Waals surface area contributed by atoms with Gasteiger partial charge in [0.2, 0.25) is 5.91 Å². The highest BCUT2D eigenvalue weighted by Crippen LogP contribution is 2.15. The van der Waals surface area contributed by atoms with E-state index in [1.807, 2.05) is 0 Å². The number of carboxylic acid groups (broad SMARTS) is 2. The van der Waals surface area contributed by atoms with E-state index in [4.69, 9.17) is 9.84 Å². The van der Waals surface area contributed by atoms with Crippen molar-refractivity contribution in [3.63, 3.8) is 0 Å². The summed E-state index contributed by atoms with van der Waals surface area (Å²) >= 11 is 0. The molecule has 2 amide bonds. The van der Waals surface area contributed by atoms with Gasteiger partial charge in [-0.15, -0.1) is 0 Å². The lowest BCUT2D eigenvalue weighted by atomic mass is 9.91. The number of rotatable bonds is 10. The van der Waals surface area contributed by atoms with Crippen LogP contribution in [0.2, 0.25) is 0 Å². The maximum atomic E-state index is 12.7. The van der Waals surface area contributed by atoms with Gasteiger partial charge < -0.3 is 25.6 Å². The average molecular weight is 428 g/mol. The van der Waals surface area contributed by atoms with Crippen LogP contribution in [0.1, 0.15) is 18.1 Å². The Morgan fingerprint density at radius 3 is 1.90 bits per heavy atom. The Morgan fingerprint density at radius 2 is 1.39 bits per heavy atom. The molecule has 3 atom stereocenters. The molecule has 0 aliphatic rings. The Morgan fingerprint density at radius 1 is 0.839 bits per heavy atom. The van der Waals surface area contributed by atoms with Crippen LogP contribution in [0.5, 0.6) is 0 Å². The Bertz CT molecular complexity index is 903. The minimum Gasteiger partial charge on any atom is -0.481 e. The van der Waals surface area contributed by atoms with Crippen molar-refractivity contribution in [2.24, 2.45) is 5.92 Å². The molecule has 9 heteroatoms. The Balaban J connectivity index is 2.18. The monoisotopic (exact) mass is 428 g/mol. The summed E-state index contributed by atoms with van der Waals surface area (Å²) in [5.74, 6) is -4.91. The number of carbonyl (C=O) groups is 4. The van der Waals surface area contributed by atoms with Crippen molar-refractivity contribution in [1.29, 1.82) is 0 Å². The van der Waals surface area contributed by atoms with Crippen LogP contribution >= 0.6 is 0 Å². The molecule has 0 aromatic heterocycles. The molecule has 2 aromatic rings. The molecule has 0 bridgehead atoms. The SMILES string of the molecule is C[C@@H](NC(=O)[C@@H](NC(=O)OCc1ccccc1)C(Cc1ccccc1)C(=O)O)C(=O)O. The van der Waals surface area contributed by atoms with Crippen LogP contribution < -0.4 is 10.6 Å². The molecular weight excluding hydrogens is 404 g/mol. The minimum atomic E-state index is -1.55. The van der Waals surface area contributed by atoms with E-state index in [2.05, 4.69) is 10.6 Å². The second kappa shape index (κ2) is 11.3. The van der Waals surface area contributed by atoms with Crippen molar-refractivity contribution in [2.45, 2.75) is 32.0 Å². The lowest BCUT2D eigenvalue weighted by molar-refractivity contribution is -0.146. The van der Waals surface area contributed by atoms with Gasteiger partial charge in [-0.2, -0.15) is 0 Å². The zero-order valence-electron chi connectivity index (χ0n) is 16.9. The lowest BCUT2D eigenvalue weighted by Crippen LogP contribution is -2.56. The summed E-state index contributed by atoms with van der Waals surface area (Å²) in [4.78, 5) is 48.0. The van der Waals surface area contributed by atoms with Gasteiger partial charge in [-0.05, 0) is 24.5 Å². The molecule has 0 saturated carbocycles. The Labute approximate surface area is 179 Å². The van der Waals surface area contributed by atoms with E-state index in [9.17, 15) is 24.3 Å². The van der Waals surface area contributed by atoms with Crippen LogP contribution in [0.3, 0.4) is 0 Å². The molecule has 0 radical (unpaired) electrons. The molecule has 2 rings (SSSR count). The number of nitrogens with one attached hydrogen (secondary N) is 2. The highest BCUT2D eigenvalue weighted by molar-refractivity contribution is 5.92. The predicted molar refractivity (Wildman–Crippen MR) is 110 cm³/mol. The Kier molecular flexibility index (Phi) is 8.56. The first-order chi connectivity index (χ1) is 14.8. The summed E-state index contributed by atoms with van der Waals surface area (Å²) in [6, 6.07) is 14.6. The van der Waals surface area contributed by atoms with Crippen LogP contribution in [-0.2, 0) is 32.1 Å². The summed E-state index contributed by atoms with van der Waals surface area (Å²) in [5.41, 5.74) is 1.34. The first-order valence-corrected chi connectivity index (χ1v) is 9.55. The van der Waals surface area contributed by atoms with Crippen molar-refractivity contribution in [1.82, 2.24) is 10.6 Å². The zero-order valence-corrected chi connectivity index (χ0v) is 16.9. The molecule has 164 valence electrons. The fourth-order valence-electron chi connectivity index (χ4n) is 2.82. The second-order valence-electron chi connectivity index (χ2n) is 6.89. The highest BCUT2D eigenvalue weighted by Gasteiger charge is 2.36. The number of carbonyl (C=O) groups excluding carboxylic acids is 2. The van der Waals surface area contributed by atoms with Crippen LogP contribution in [0.4, 0.5) is 4.79 Å². The van der Waals surface area contributed by atoms with Crippen LogP contribution in [-0.4, -0.2) is 46.2 Å². The number of alkyl carbamates (subject to hydrolysis) is 1. The van der Waals surface area contributed by atoms with Crippen molar-refractivity contribution >= 4 is 23.9 Å². The molecular formula is C22H24N2O7. The van der Waals surface area contributed by atoms with Crippen LogP contribution in [0.15, 0.2) is 60.7 Å². The van der Waals surface area contributed by atoms with Gasteiger partial charge in [0.25, 0.3) is 0 Å². The fraction of sp³-hybridized carbons (Fsp3) is 0.273. The number of carboxylic acids is 2. The van der Waals surface area contributed by atoms with Gasteiger partial charge in [-0.3, -0.25) is 14.4 Å². The van der Waals surface area contributed by atoms with Gasteiger partial charge in [0.1, 0.15) is 18.7 Å². The first kappa shape index (κ1) is 23.4. The first-order valence-electron chi connectivity index (χ1n) is 9.55. The number of aliphatic carboxylic acids is 2. The van der Waals surface area contributed by atoms with Gasteiger partial charge in [0, 0.05) is 0 Å². The second-order valence-corrected chi connectivity index (χ2v) is 6.89. The molecule has 31 heavy (non-hydrogen) atoms. The van der Waals surface area contributed by atoms with Crippen molar-refractivity contribution in [3.8, 4) is 0 Å². The quantitative estimate of drug-likeness (QED) is 0.452. The van der Waals surface area contributed by atoms with Gasteiger partial charge in [0.15, 0.2) is 0 Å². The summed E-state index contributed by atoms with van der Waals surface area (Å²) in [5, 5.41) is 23.3. The predicted octanol–water partition coefficient (Wildman–Crippen LogP) is 1.81. The van der Waals surface area contributed by atoms with E-state index >= 15 is 0 Å². The topological polar surface area (TPSA) is 142 Å². The van der Waals surface area contributed by atoms with E-state index in [0.717, 1.165) is 0 Å². The van der Waals surface area contributed by atoms with Gasteiger partial charge >= 0.3 is 18.0 Å². The smallest absolute Gasteiger partial charge is 0.408 e. The Hall–Kier alpha value is -3.88. The average Bonchev–Trinajstić information content (AvgIpc) is 2.75. The van der Waals surface area contributed by atoms with E-state index in [1.54, 1.807) is 60.7 Å². The van der Waals surface area contributed by atoms with E-state index in [-0.39, 0.29) is 13.0 Å². The summed E-state index contributed by atoms with van der Waals surface area (Å²) in [6.45, 7) is 1.15. The molecule has 1 unspecified atom stereocenters. The number of hydrogen-bond acceptors (Lipinski definition) is 5. The number of benzene rings is 2. The van der Waals surface area contributed by atoms with Crippen molar-refractivity contribution < 1.29 is 34.1 Å². The fourth-order valence-corrected chi connectivity index (χ4v) is 2.82. The van der Waals surface area contributed by atoms with Crippen LogP contribution in [0, 0.1) is 5.92 Å². The molecule has 0 aliphatic heterocycles.